The molecule has 0 bridgehead atoms. The number of hydrogen-bond acceptors (Lipinski definition) is 6. The number of alkyl halides is 3. The molecule has 0 saturated heterocycles. The fourth-order valence-electron chi connectivity index (χ4n) is 5.30. The third-order valence-electron chi connectivity index (χ3n) is 7.07. The molecule has 0 amide bonds. The summed E-state index contributed by atoms with van der Waals surface area (Å²) in [6, 6.07) is 27.9. The van der Waals surface area contributed by atoms with Gasteiger partial charge < -0.3 is 10.2 Å². The first kappa shape index (κ1) is 24.8. The van der Waals surface area contributed by atoms with Crippen molar-refractivity contribution in [2.75, 3.05) is 10.2 Å². The zero-order valence-electron chi connectivity index (χ0n) is 21.7. The molecule has 0 saturated carbocycles. The summed E-state index contributed by atoms with van der Waals surface area (Å²) in [4.78, 5) is 16.5. The highest BCUT2D eigenvalue weighted by Gasteiger charge is 2.41. The smallest absolute Gasteiger partial charge is 0.337 e. The van der Waals surface area contributed by atoms with Crippen LogP contribution in [0.4, 0.5) is 36.1 Å². The van der Waals surface area contributed by atoms with Crippen LogP contribution in [0.1, 0.15) is 28.4 Å². The second-order valence-electron chi connectivity index (χ2n) is 9.69. The zero-order chi connectivity index (χ0) is 28.1. The highest BCUT2D eigenvalue weighted by atomic mass is 19.4. The molecule has 10 heteroatoms. The van der Waals surface area contributed by atoms with Crippen molar-refractivity contribution in [3.8, 4) is 5.82 Å². The second-order valence-corrected chi connectivity index (χ2v) is 9.69. The highest BCUT2D eigenvalue weighted by Crippen LogP contribution is 2.48. The molecule has 7 nitrogen and oxygen atoms in total. The van der Waals surface area contributed by atoms with E-state index < -0.39 is 11.7 Å². The van der Waals surface area contributed by atoms with Crippen LogP contribution in [0.25, 0.3) is 5.82 Å². The molecule has 1 N–H and O–H groups in total. The first-order valence-corrected chi connectivity index (χ1v) is 12.9. The standard InChI is InChI=1S/C31H22F3N7/c1-19-26-27(20-10-3-2-4-11-20)40-24-15-6-5-14-23(24)37-28(36-22-13-9-12-21(18-22)31(32,33)34)30(40)38-29(26)41(39-19)25-16-7-8-17-35-25/h2-18,27H,1H3,(H,36,37)/t27-/m1/s1. The van der Waals surface area contributed by atoms with Gasteiger partial charge in [0.05, 0.1) is 28.7 Å². The van der Waals surface area contributed by atoms with E-state index in [0.29, 0.717) is 29.0 Å². The molecule has 202 valence electrons. The van der Waals surface area contributed by atoms with Crippen LogP contribution >= 0.6 is 0 Å². The molecule has 0 radical (unpaired) electrons. The molecule has 3 aromatic carbocycles. The van der Waals surface area contributed by atoms with E-state index >= 15 is 0 Å². The summed E-state index contributed by atoms with van der Waals surface area (Å²) in [5.74, 6) is 1.96. The maximum atomic E-state index is 13.5. The average Bonchev–Trinajstić information content (AvgIpc) is 3.32. The highest BCUT2D eigenvalue weighted by molar-refractivity contribution is 6.51. The van der Waals surface area contributed by atoms with Crippen molar-refractivity contribution in [3.05, 3.63) is 126 Å². The van der Waals surface area contributed by atoms with Crippen LogP contribution in [0.2, 0.25) is 0 Å². The topological polar surface area (TPSA) is 70.7 Å². The molecule has 2 aliphatic heterocycles. The summed E-state index contributed by atoms with van der Waals surface area (Å²) < 4.78 is 42.3. The van der Waals surface area contributed by atoms with Gasteiger partial charge in [-0.1, -0.05) is 54.6 Å². The van der Waals surface area contributed by atoms with Crippen molar-refractivity contribution >= 4 is 34.6 Å². The monoisotopic (exact) mass is 549 g/mol. The molecule has 0 spiro atoms. The average molecular weight is 550 g/mol. The van der Waals surface area contributed by atoms with Gasteiger partial charge in [0.2, 0.25) is 0 Å². The Morgan fingerprint density at radius 2 is 1.61 bits per heavy atom. The van der Waals surface area contributed by atoms with E-state index in [1.165, 1.54) is 6.07 Å². The van der Waals surface area contributed by atoms with E-state index in [4.69, 9.17) is 15.1 Å². The first-order valence-electron chi connectivity index (χ1n) is 12.9. The quantitative estimate of drug-likeness (QED) is 0.255. The van der Waals surface area contributed by atoms with Crippen molar-refractivity contribution in [2.45, 2.75) is 19.1 Å². The van der Waals surface area contributed by atoms with Crippen molar-refractivity contribution in [1.82, 2.24) is 14.8 Å². The van der Waals surface area contributed by atoms with E-state index in [2.05, 4.69) is 15.2 Å². The Morgan fingerprint density at radius 1 is 0.829 bits per heavy atom. The number of anilines is 2. The van der Waals surface area contributed by atoms with Crippen LogP contribution in [-0.4, -0.2) is 26.4 Å². The third kappa shape index (κ3) is 4.24. The van der Waals surface area contributed by atoms with Crippen LogP contribution in [0.3, 0.4) is 0 Å². The molecule has 0 unspecified atom stereocenters. The van der Waals surface area contributed by atoms with E-state index in [1.807, 2.05) is 79.7 Å². The van der Waals surface area contributed by atoms with Gasteiger partial charge in [-0.15, -0.1) is 0 Å². The predicted molar refractivity (Wildman–Crippen MR) is 153 cm³/mol. The molecule has 4 heterocycles. The van der Waals surface area contributed by atoms with Crippen LogP contribution in [0, 0.1) is 6.92 Å². The number of hydrogen-bond donors (Lipinski definition) is 1. The predicted octanol–water partition coefficient (Wildman–Crippen LogP) is 7.39. The maximum absolute atomic E-state index is 13.5. The summed E-state index contributed by atoms with van der Waals surface area (Å²) in [5, 5.41) is 7.97. The van der Waals surface area contributed by atoms with Gasteiger partial charge in [0.1, 0.15) is 0 Å². The van der Waals surface area contributed by atoms with Gasteiger partial charge in [-0.2, -0.15) is 23.0 Å². The van der Waals surface area contributed by atoms with Gasteiger partial charge in [0.25, 0.3) is 0 Å². The lowest BCUT2D eigenvalue weighted by molar-refractivity contribution is -0.137. The molecule has 41 heavy (non-hydrogen) atoms. The molecule has 2 aromatic heterocycles. The van der Waals surface area contributed by atoms with Gasteiger partial charge in [-0.3, -0.25) is 0 Å². The minimum Gasteiger partial charge on any atom is -0.337 e. The first-order chi connectivity index (χ1) is 19.9. The Bertz CT molecular complexity index is 1830. The number of para-hydroxylation sites is 2. The lowest BCUT2D eigenvalue weighted by atomic mass is 9.93. The number of benzene rings is 3. The van der Waals surface area contributed by atoms with E-state index in [1.54, 1.807) is 16.9 Å². The molecule has 5 aromatic rings. The number of halogens is 3. The molecule has 0 fully saturated rings. The van der Waals surface area contributed by atoms with Crippen molar-refractivity contribution in [2.24, 2.45) is 9.98 Å². The summed E-state index contributed by atoms with van der Waals surface area (Å²) in [7, 11) is 0. The number of fused-ring (bicyclic) bond motifs is 4. The Kier molecular flexibility index (Phi) is 5.70. The van der Waals surface area contributed by atoms with Gasteiger partial charge >= 0.3 is 6.18 Å². The normalized spacial score (nSPS) is 15.8. The third-order valence-corrected chi connectivity index (χ3v) is 7.07. The zero-order valence-corrected chi connectivity index (χ0v) is 21.7. The van der Waals surface area contributed by atoms with E-state index in [0.717, 1.165) is 34.6 Å². The number of aryl methyl sites for hydroxylation is 1. The molecule has 1 atom stereocenters. The summed E-state index contributed by atoms with van der Waals surface area (Å²) in [6.07, 6.45) is -2.79. The molecule has 7 rings (SSSR count). The number of amidine groups is 2. The Hall–Kier alpha value is -5.25. The lowest BCUT2D eigenvalue weighted by Crippen LogP contribution is -2.46. The largest absolute Gasteiger partial charge is 0.416 e. The van der Waals surface area contributed by atoms with Crippen molar-refractivity contribution in [1.29, 1.82) is 0 Å². The number of aromatic nitrogens is 3. The summed E-state index contributed by atoms with van der Waals surface area (Å²) in [6.45, 7) is 1.94. The van der Waals surface area contributed by atoms with E-state index in [9.17, 15) is 13.2 Å². The fraction of sp³-hybridized carbons (Fsp3) is 0.0968. The Morgan fingerprint density at radius 3 is 2.39 bits per heavy atom. The van der Waals surface area contributed by atoms with Crippen molar-refractivity contribution in [3.63, 3.8) is 0 Å². The minimum absolute atomic E-state index is 0.247. The SMILES string of the molecule is Cc1nn(-c2ccccn2)c2c1[C@@H](c1ccccc1)N1C(=N2)C(Nc2cccc(C(F)(F)F)c2)=Nc2ccccc21. The fourth-order valence-corrected chi connectivity index (χ4v) is 5.30. The van der Waals surface area contributed by atoms with Crippen molar-refractivity contribution < 1.29 is 13.2 Å². The van der Waals surface area contributed by atoms with Gasteiger partial charge in [0, 0.05) is 17.4 Å². The Balaban J connectivity index is 1.46. The molecular weight excluding hydrogens is 527 g/mol. The second kappa shape index (κ2) is 9.44. The number of rotatable bonds is 3. The van der Waals surface area contributed by atoms with Crippen LogP contribution in [0.5, 0.6) is 0 Å². The van der Waals surface area contributed by atoms with Crippen LogP contribution < -0.4 is 10.2 Å². The lowest BCUT2D eigenvalue weighted by Gasteiger charge is -2.40. The molecular formula is C31H22F3N7. The summed E-state index contributed by atoms with van der Waals surface area (Å²) >= 11 is 0. The van der Waals surface area contributed by atoms with Gasteiger partial charge in [0.15, 0.2) is 23.3 Å². The number of nitrogens with zero attached hydrogens (tertiary/aromatic N) is 6. The molecule has 0 aliphatic carbocycles. The number of aliphatic imine (C=N–C) groups is 2. The number of nitrogens with one attached hydrogen (secondary N) is 1. The number of pyridine rings is 1. The Labute approximate surface area is 233 Å². The summed E-state index contributed by atoms with van der Waals surface area (Å²) in [5.41, 5.74) is 3.67. The van der Waals surface area contributed by atoms with E-state index in [-0.39, 0.29) is 11.7 Å². The minimum atomic E-state index is -4.48. The molecule has 2 aliphatic rings. The van der Waals surface area contributed by atoms with Crippen LogP contribution in [-0.2, 0) is 6.18 Å². The van der Waals surface area contributed by atoms with Gasteiger partial charge in [-0.05, 0) is 55.0 Å². The van der Waals surface area contributed by atoms with Gasteiger partial charge in [-0.25, -0.2) is 15.0 Å². The maximum Gasteiger partial charge on any atom is 0.416 e. The van der Waals surface area contributed by atoms with Crippen LogP contribution in [0.15, 0.2) is 113 Å².